The number of esters is 1. The van der Waals surface area contributed by atoms with Crippen molar-refractivity contribution in [3.8, 4) is 11.5 Å². The normalized spacial score (nSPS) is 28.8. The zero-order valence-electron chi connectivity index (χ0n) is 19.2. The molecule has 4 atom stereocenters. The van der Waals surface area contributed by atoms with Crippen LogP contribution in [0.5, 0.6) is 11.5 Å². The van der Waals surface area contributed by atoms with E-state index in [1.807, 2.05) is 19.9 Å². The number of aliphatic hydroxyl groups is 1. The predicted octanol–water partition coefficient (Wildman–Crippen LogP) is 3.47. The number of hydrogen-bond acceptors (Lipinski definition) is 8. The van der Waals surface area contributed by atoms with E-state index in [1.54, 1.807) is 44.4 Å². The number of aliphatic hydroxyl groups excluding tert-OH is 1. The number of fused-ring (bicyclic) bond motifs is 2. The van der Waals surface area contributed by atoms with Crippen LogP contribution in [0.4, 0.5) is 0 Å². The van der Waals surface area contributed by atoms with E-state index in [-0.39, 0.29) is 18.5 Å². The summed E-state index contributed by atoms with van der Waals surface area (Å²) in [5.74, 6) is -0.489. The Labute approximate surface area is 188 Å². The Morgan fingerprint density at radius 3 is 2.66 bits per heavy atom. The largest absolute Gasteiger partial charge is 0.497 e. The van der Waals surface area contributed by atoms with Crippen LogP contribution < -0.4 is 9.47 Å². The van der Waals surface area contributed by atoms with Crippen molar-refractivity contribution in [1.82, 2.24) is 0 Å². The molecule has 8 heteroatoms. The number of cyclic esters (lactones) is 1. The van der Waals surface area contributed by atoms with Gasteiger partial charge in [0.1, 0.15) is 35.4 Å². The summed E-state index contributed by atoms with van der Waals surface area (Å²) in [5, 5.41) is 10.6. The van der Waals surface area contributed by atoms with E-state index in [4.69, 9.17) is 28.4 Å². The summed E-state index contributed by atoms with van der Waals surface area (Å²) < 4.78 is 33.7. The van der Waals surface area contributed by atoms with Gasteiger partial charge >= 0.3 is 5.97 Å². The van der Waals surface area contributed by atoms with Crippen LogP contribution >= 0.6 is 0 Å². The number of hydrogen-bond donors (Lipinski definition) is 1. The van der Waals surface area contributed by atoms with Gasteiger partial charge in [0.25, 0.3) is 0 Å². The van der Waals surface area contributed by atoms with Gasteiger partial charge in [-0.3, -0.25) is 0 Å². The van der Waals surface area contributed by atoms with Crippen molar-refractivity contribution in [3.63, 3.8) is 0 Å². The molecule has 1 saturated heterocycles. The first-order valence-corrected chi connectivity index (χ1v) is 10.7. The molecule has 3 rings (SSSR count). The second-order valence-electron chi connectivity index (χ2n) is 8.29. The number of methoxy groups -OCH3 is 2. The molecule has 2 aliphatic rings. The highest BCUT2D eigenvalue weighted by Crippen LogP contribution is 2.34. The summed E-state index contributed by atoms with van der Waals surface area (Å²) in [4.78, 5) is 13.1. The van der Waals surface area contributed by atoms with E-state index in [2.05, 4.69) is 0 Å². The summed E-state index contributed by atoms with van der Waals surface area (Å²) in [6.07, 6.45) is 5.88. The van der Waals surface area contributed by atoms with Crippen LogP contribution in [0.15, 0.2) is 30.4 Å². The Morgan fingerprint density at radius 1 is 1.16 bits per heavy atom. The summed E-state index contributed by atoms with van der Waals surface area (Å²) in [6.45, 7) is 5.40. The summed E-state index contributed by atoms with van der Waals surface area (Å²) in [5.41, 5.74) is 0.864. The zero-order chi connectivity index (χ0) is 23.3. The first-order valence-electron chi connectivity index (χ1n) is 10.7. The molecule has 1 aromatic rings. The number of ether oxygens (including phenoxy) is 6. The van der Waals surface area contributed by atoms with Crippen molar-refractivity contribution in [1.29, 1.82) is 0 Å². The molecule has 0 aromatic heterocycles. The number of rotatable bonds is 4. The van der Waals surface area contributed by atoms with Crippen molar-refractivity contribution in [2.75, 3.05) is 21.0 Å². The van der Waals surface area contributed by atoms with E-state index in [0.717, 1.165) is 0 Å². The zero-order valence-corrected chi connectivity index (χ0v) is 19.2. The maximum Gasteiger partial charge on any atom is 0.342 e. The highest BCUT2D eigenvalue weighted by molar-refractivity contribution is 5.97. The van der Waals surface area contributed by atoms with E-state index < -0.39 is 30.1 Å². The third kappa shape index (κ3) is 5.89. The summed E-state index contributed by atoms with van der Waals surface area (Å²) >= 11 is 0. The molecule has 2 aliphatic heterocycles. The van der Waals surface area contributed by atoms with Crippen LogP contribution in [0.1, 0.15) is 49.5 Å². The van der Waals surface area contributed by atoms with Crippen molar-refractivity contribution >= 4 is 12.0 Å². The molecule has 32 heavy (non-hydrogen) atoms. The number of carbonyl (C=O) groups is 1. The maximum absolute atomic E-state index is 13.1. The predicted molar refractivity (Wildman–Crippen MR) is 118 cm³/mol. The van der Waals surface area contributed by atoms with E-state index >= 15 is 0 Å². The molecule has 1 aromatic carbocycles. The van der Waals surface area contributed by atoms with Gasteiger partial charge in [-0.2, -0.15) is 0 Å². The Kier molecular flexibility index (Phi) is 7.95. The third-order valence-corrected chi connectivity index (χ3v) is 5.21. The Hall–Kier alpha value is -2.39. The van der Waals surface area contributed by atoms with Gasteiger partial charge in [0, 0.05) is 19.6 Å². The molecule has 0 spiro atoms. The molecule has 0 saturated carbocycles. The smallest absolute Gasteiger partial charge is 0.342 e. The Balaban J connectivity index is 2.02. The van der Waals surface area contributed by atoms with E-state index in [9.17, 15) is 9.90 Å². The number of carbonyl (C=O) groups excluding carboxylic acids is 1. The fourth-order valence-electron chi connectivity index (χ4n) is 3.79. The summed E-state index contributed by atoms with van der Waals surface area (Å²) in [6, 6.07) is 3.37. The molecule has 1 fully saturated rings. The van der Waals surface area contributed by atoms with Crippen LogP contribution in [0.2, 0.25) is 0 Å². The second kappa shape index (κ2) is 10.5. The van der Waals surface area contributed by atoms with Gasteiger partial charge in [0.15, 0.2) is 12.6 Å². The minimum atomic E-state index is -0.845. The van der Waals surface area contributed by atoms with Gasteiger partial charge in [-0.05, 0) is 38.8 Å². The van der Waals surface area contributed by atoms with Crippen molar-refractivity contribution in [3.05, 3.63) is 41.5 Å². The van der Waals surface area contributed by atoms with Crippen LogP contribution in [-0.4, -0.2) is 62.3 Å². The highest BCUT2D eigenvalue weighted by atomic mass is 16.8. The van der Waals surface area contributed by atoms with Crippen LogP contribution in [0, 0.1) is 0 Å². The molecule has 2 heterocycles. The van der Waals surface area contributed by atoms with E-state index in [1.165, 1.54) is 7.11 Å². The van der Waals surface area contributed by atoms with Gasteiger partial charge < -0.3 is 33.5 Å². The fourth-order valence-corrected chi connectivity index (χ4v) is 3.79. The minimum Gasteiger partial charge on any atom is -0.497 e. The lowest BCUT2D eigenvalue weighted by Crippen LogP contribution is -2.34. The Morgan fingerprint density at radius 2 is 1.94 bits per heavy atom. The lowest BCUT2D eigenvalue weighted by Gasteiger charge is -2.20. The molecule has 0 bridgehead atoms. The quantitative estimate of drug-likeness (QED) is 0.425. The third-order valence-electron chi connectivity index (χ3n) is 5.21. The van der Waals surface area contributed by atoms with Gasteiger partial charge in [-0.15, -0.1) is 0 Å². The lowest BCUT2D eigenvalue weighted by molar-refractivity contribution is -0.152. The highest BCUT2D eigenvalue weighted by Gasteiger charge is 2.43. The van der Waals surface area contributed by atoms with Gasteiger partial charge in [0.2, 0.25) is 0 Å². The van der Waals surface area contributed by atoms with Crippen molar-refractivity contribution < 1.29 is 38.3 Å². The SMILES string of the molecule is COCOc1cc(OC)cc2c1C(=O)OC(C)C/C=C\C(O)[C@H]1OC(C)(C)O[C@H]1CC=C2. The van der Waals surface area contributed by atoms with Crippen LogP contribution in [0.25, 0.3) is 6.08 Å². The first-order chi connectivity index (χ1) is 15.2. The molecule has 1 N–H and O–H groups in total. The van der Waals surface area contributed by atoms with Crippen LogP contribution in [-0.2, 0) is 18.9 Å². The molecule has 8 nitrogen and oxygen atoms in total. The molecular weight excluding hydrogens is 416 g/mol. The standard InChI is InChI=1S/C24H32O8/c1-15-8-6-10-18(25)22-19(31-24(2,3)32-22)11-7-9-16-12-17(28-5)13-20(29-14-27-4)21(16)23(26)30-15/h6-7,9-10,12-13,15,18-19,22,25H,8,11,14H2,1-5H3/b9-7?,10-6-/t15?,18?,19-,22+/m0/s1. The van der Waals surface area contributed by atoms with Crippen molar-refractivity contribution in [2.24, 2.45) is 0 Å². The fraction of sp³-hybridized carbons (Fsp3) is 0.542. The first kappa shape index (κ1) is 24.3. The maximum atomic E-state index is 13.1. The molecular formula is C24H32O8. The van der Waals surface area contributed by atoms with Gasteiger partial charge in [-0.25, -0.2) is 4.79 Å². The average Bonchev–Trinajstić information content (AvgIpc) is 3.05. The molecule has 0 aliphatic carbocycles. The minimum absolute atomic E-state index is 0.0310. The number of benzene rings is 1. The van der Waals surface area contributed by atoms with Gasteiger partial charge in [0.05, 0.1) is 13.2 Å². The second-order valence-corrected chi connectivity index (χ2v) is 8.29. The Bertz CT molecular complexity index is 860. The van der Waals surface area contributed by atoms with Crippen molar-refractivity contribution in [2.45, 2.75) is 63.8 Å². The molecule has 2 unspecified atom stereocenters. The lowest BCUT2D eigenvalue weighted by atomic mass is 10.0. The summed E-state index contributed by atoms with van der Waals surface area (Å²) in [7, 11) is 3.04. The monoisotopic (exact) mass is 448 g/mol. The van der Waals surface area contributed by atoms with Gasteiger partial charge in [-0.1, -0.05) is 24.3 Å². The van der Waals surface area contributed by atoms with Crippen LogP contribution in [0.3, 0.4) is 0 Å². The van der Waals surface area contributed by atoms with E-state index in [0.29, 0.717) is 29.9 Å². The average molecular weight is 449 g/mol. The molecule has 0 radical (unpaired) electrons. The molecule has 0 amide bonds. The topological polar surface area (TPSA) is 92.7 Å². The molecule has 176 valence electrons.